The fraction of sp³-hybridized carbons (Fsp3) is 0.194. The minimum atomic E-state index is -0.523. The monoisotopic (exact) mass is 481 g/mol. The number of rotatable bonds is 8. The average molecular weight is 482 g/mol. The van der Waals surface area contributed by atoms with Gasteiger partial charge in [-0.2, -0.15) is 0 Å². The molecule has 0 N–H and O–H groups in total. The summed E-state index contributed by atoms with van der Waals surface area (Å²) in [7, 11) is -0.213. The van der Waals surface area contributed by atoms with Gasteiger partial charge in [0.15, 0.2) is 21.3 Å². The molecule has 35 heavy (non-hydrogen) atoms. The van der Waals surface area contributed by atoms with E-state index in [-0.39, 0.29) is 23.5 Å². The van der Waals surface area contributed by atoms with E-state index in [1.807, 2.05) is 42.5 Å². The molecule has 176 valence electrons. The van der Waals surface area contributed by atoms with Crippen molar-refractivity contribution in [3.05, 3.63) is 121 Å². The van der Waals surface area contributed by atoms with Crippen molar-refractivity contribution < 1.29 is 14.3 Å². The number of carbonyl (C=O) groups is 1. The third kappa shape index (κ3) is 5.44. The topological polar surface area (TPSA) is 35.5 Å². The molecule has 0 bridgehead atoms. The smallest absolute Gasteiger partial charge is 0.345 e. The van der Waals surface area contributed by atoms with Crippen molar-refractivity contribution in [3.8, 4) is 5.75 Å². The van der Waals surface area contributed by atoms with Gasteiger partial charge in [0.25, 0.3) is 0 Å². The van der Waals surface area contributed by atoms with Crippen molar-refractivity contribution in [3.63, 3.8) is 0 Å². The molecule has 0 heterocycles. The largest absolute Gasteiger partial charge is 0.482 e. The Hall–Kier alpha value is -3.50. The van der Waals surface area contributed by atoms with Crippen molar-refractivity contribution in [2.45, 2.75) is 46.0 Å². The van der Waals surface area contributed by atoms with Crippen LogP contribution in [0, 0.1) is 0 Å². The minimum Gasteiger partial charge on any atom is -0.482 e. The lowest BCUT2D eigenvalue weighted by Gasteiger charge is -2.29. The van der Waals surface area contributed by atoms with Crippen LogP contribution in [-0.4, -0.2) is 12.6 Å². The van der Waals surface area contributed by atoms with Crippen LogP contribution in [0.5, 0.6) is 5.75 Å². The summed E-state index contributed by atoms with van der Waals surface area (Å²) in [6.07, 6.45) is 3.85. The molecule has 0 radical (unpaired) electrons. The molecule has 1 fully saturated rings. The first-order valence-corrected chi connectivity index (χ1v) is 13.3. The van der Waals surface area contributed by atoms with Gasteiger partial charge in [-0.25, -0.2) is 4.79 Å². The summed E-state index contributed by atoms with van der Waals surface area (Å²) >= 11 is 0. The van der Waals surface area contributed by atoms with Gasteiger partial charge < -0.3 is 9.47 Å². The van der Waals surface area contributed by atoms with Gasteiger partial charge in [0.1, 0.15) is 11.4 Å². The van der Waals surface area contributed by atoms with Crippen LogP contribution in [0.2, 0.25) is 0 Å². The zero-order valence-corrected chi connectivity index (χ0v) is 20.5. The van der Waals surface area contributed by atoms with E-state index in [0.29, 0.717) is 5.75 Å². The van der Waals surface area contributed by atoms with Crippen LogP contribution in [0.3, 0.4) is 0 Å². The maximum Gasteiger partial charge on any atom is 0.345 e. The summed E-state index contributed by atoms with van der Waals surface area (Å²) in [5.74, 6) is 0.337. The van der Waals surface area contributed by atoms with E-state index in [1.165, 1.54) is 14.7 Å². The molecule has 0 spiro atoms. The number of benzene rings is 4. The predicted molar refractivity (Wildman–Crippen MR) is 140 cm³/mol. The standard InChI is InChI=1S/C31H29O3S/c32-30(34-31(22-10-11-23-31)25-12-4-1-5-13-25)24-33-26-18-20-29(21-19-26)35(27-14-6-2-7-15-27)28-16-8-3-9-17-28/h1-9,12-21H,10-11,22-24H2/q+1. The predicted octanol–water partition coefficient (Wildman–Crippen LogP) is 7.17. The molecular formula is C31H29O3S+. The number of ether oxygens (including phenoxy) is 2. The van der Waals surface area contributed by atoms with Crippen molar-refractivity contribution in [2.24, 2.45) is 0 Å². The van der Waals surface area contributed by atoms with Crippen LogP contribution in [0.15, 0.2) is 130 Å². The molecule has 5 rings (SSSR count). The van der Waals surface area contributed by atoms with E-state index < -0.39 is 5.60 Å². The lowest BCUT2D eigenvalue weighted by atomic mass is 9.92. The SMILES string of the molecule is O=C(COc1ccc([S+](c2ccccc2)c2ccccc2)cc1)OC1(c2ccccc2)CCCC1. The number of esters is 1. The van der Waals surface area contributed by atoms with Gasteiger partial charge in [0, 0.05) is 0 Å². The first-order chi connectivity index (χ1) is 17.2. The van der Waals surface area contributed by atoms with Crippen molar-refractivity contribution in [2.75, 3.05) is 6.61 Å². The van der Waals surface area contributed by atoms with Gasteiger partial charge in [0.05, 0.1) is 10.9 Å². The van der Waals surface area contributed by atoms with E-state index >= 15 is 0 Å². The molecule has 1 saturated carbocycles. The van der Waals surface area contributed by atoms with Crippen molar-refractivity contribution in [1.82, 2.24) is 0 Å². The molecule has 0 aliphatic heterocycles. The Morgan fingerprint density at radius 3 is 1.69 bits per heavy atom. The Morgan fingerprint density at radius 1 is 0.657 bits per heavy atom. The van der Waals surface area contributed by atoms with Gasteiger partial charge in [-0.1, -0.05) is 66.7 Å². The zero-order chi connectivity index (χ0) is 23.9. The van der Waals surface area contributed by atoms with Gasteiger partial charge in [-0.15, -0.1) is 0 Å². The van der Waals surface area contributed by atoms with Crippen LogP contribution >= 0.6 is 0 Å². The second-order valence-electron chi connectivity index (χ2n) is 8.73. The fourth-order valence-electron chi connectivity index (χ4n) is 4.72. The summed E-state index contributed by atoms with van der Waals surface area (Å²) in [5.41, 5.74) is 0.551. The zero-order valence-electron chi connectivity index (χ0n) is 19.6. The molecule has 0 aromatic heterocycles. The minimum absolute atomic E-state index is 0.100. The fourth-order valence-corrected chi connectivity index (χ4v) is 6.80. The van der Waals surface area contributed by atoms with Crippen LogP contribution in [-0.2, 0) is 26.0 Å². The first-order valence-electron chi connectivity index (χ1n) is 12.1. The molecule has 1 aliphatic rings. The molecule has 0 unspecified atom stereocenters. The normalized spacial score (nSPS) is 14.5. The Balaban J connectivity index is 1.27. The summed E-state index contributed by atoms with van der Waals surface area (Å²) < 4.78 is 11.9. The van der Waals surface area contributed by atoms with Crippen LogP contribution in [0.4, 0.5) is 0 Å². The molecule has 4 aromatic rings. The summed E-state index contributed by atoms with van der Waals surface area (Å²) in [5, 5.41) is 0. The highest BCUT2D eigenvalue weighted by molar-refractivity contribution is 7.97. The van der Waals surface area contributed by atoms with Crippen LogP contribution in [0.25, 0.3) is 0 Å². The highest BCUT2D eigenvalue weighted by Crippen LogP contribution is 2.42. The van der Waals surface area contributed by atoms with E-state index in [2.05, 4.69) is 72.8 Å². The quantitative estimate of drug-likeness (QED) is 0.198. The molecule has 1 aliphatic carbocycles. The molecule has 0 saturated heterocycles. The van der Waals surface area contributed by atoms with Gasteiger partial charge in [-0.3, -0.25) is 0 Å². The highest BCUT2D eigenvalue weighted by Gasteiger charge is 2.39. The lowest BCUT2D eigenvalue weighted by Crippen LogP contribution is -2.31. The molecule has 0 atom stereocenters. The third-order valence-corrected chi connectivity index (χ3v) is 8.62. The molecule has 4 aromatic carbocycles. The van der Waals surface area contributed by atoms with E-state index in [1.54, 1.807) is 0 Å². The first kappa shape index (κ1) is 23.3. The lowest BCUT2D eigenvalue weighted by molar-refractivity contribution is -0.163. The number of hydrogen-bond acceptors (Lipinski definition) is 3. The molecule has 3 nitrogen and oxygen atoms in total. The maximum atomic E-state index is 12.8. The number of hydrogen-bond donors (Lipinski definition) is 0. The number of carbonyl (C=O) groups excluding carboxylic acids is 1. The van der Waals surface area contributed by atoms with E-state index in [4.69, 9.17) is 9.47 Å². The average Bonchev–Trinajstić information content (AvgIpc) is 3.40. The van der Waals surface area contributed by atoms with Crippen molar-refractivity contribution >= 4 is 16.9 Å². The third-order valence-electron chi connectivity index (χ3n) is 6.39. The Kier molecular flexibility index (Phi) is 7.20. The van der Waals surface area contributed by atoms with E-state index in [0.717, 1.165) is 31.2 Å². The Labute approximate surface area is 210 Å². The van der Waals surface area contributed by atoms with Crippen molar-refractivity contribution in [1.29, 1.82) is 0 Å². The molecular weight excluding hydrogens is 452 g/mol. The van der Waals surface area contributed by atoms with Gasteiger partial charge >= 0.3 is 5.97 Å². The van der Waals surface area contributed by atoms with Gasteiger partial charge in [0.2, 0.25) is 0 Å². The summed E-state index contributed by atoms with van der Waals surface area (Å²) in [6.45, 7) is -0.100. The summed E-state index contributed by atoms with van der Waals surface area (Å²) in [6, 6.07) is 39.2. The summed E-state index contributed by atoms with van der Waals surface area (Å²) in [4.78, 5) is 16.5. The maximum absolute atomic E-state index is 12.8. The van der Waals surface area contributed by atoms with E-state index in [9.17, 15) is 4.79 Å². The van der Waals surface area contributed by atoms with Crippen LogP contribution in [0.1, 0.15) is 31.2 Å². The molecule has 4 heteroatoms. The highest BCUT2D eigenvalue weighted by atomic mass is 32.2. The second-order valence-corrected chi connectivity index (χ2v) is 10.8. The van der Waals surface area contributed by atoms with Gasteiger partial charge in [-0.05, 0) is 79.8 Å². The Bertz CT molecular complexity index is 1180. The Morgan fingerprint density at radius 2 is 1.14 bits per heavy atom. The molecule has 0 amide bonds. The van der Waals surface area contributed by atoms with Crippen LogP contribution < -0.4 is 4.74 Å². The second kappa shape index (κ2) is 10.8.